The molecule has 2 rings (SSSR count). The highest BCUT2D eigenvalue weighted by Crippen LogP contribution is 2.17. The third-order valence-electron chi connectivity index (χ3n) is 4.08. The summed E-state index contributed by atoms with van der Waals surface area (Å²) in [6, 6.07) is 18.4. The van der Waals surface area contributed by atoms with Crippen LogP contribution in [0.4, 0.5) is 0 Å². The van der Waals surface area contributed by atoms with Gasteiger partial charge in [0.05, 0.1) is 0 Å². The van der Waals surface area contributed by atoms with Gasteiger partial charge >= 0.3 is 0 Å². The van der Waals surface area contributed by atoms with Gasteiger partial charge in [-0.3, -0.25) is 5.32 Å². The molecule has 0 bridgehead atoms. The van der Waals surface area contributed by atoms with Crippen LogP contribution in [-0.2, 0) is 0 Å². The first-order chi connectivity index (χ1) is 16.7. The molecule has 0 aliphatic rings. The average Bonchev–Trinajstić information content (AvgIpc) is 2.93. The molecule has 0 saturated heterocycles. The van der Waals surface area contributed by atoms with Crippen LogP contribution >= 0.6 is 0 Å². The Labute approximate surface area is 211 Å². The fraction of sp³-hybridized carbons (Fsp3) is 0.419. The first-order valence-corrected chi connectivity index (χ1v) is 12.9. The first-order valence-electron chi connectivity index (χ1n) is 12.9. The van der Waals surface area contributed by atoms with Crippen LogP contribution < -0.4 is 5.32 Å². The van der Waals surface area contributed by atoms with Crippen LogP contribution in [0.5, 0.6) is 0 Å². The molecule has 0 aromatic heterocycles. The van der Waals surface area contributed by atoms with E-state index >= 15 is 0 Å². The number of rotatable bonds is 7. The lowest BCUT2D eigenvalue weighted by molar-refractivity contribution is 0.587. The smallest absolute Gasteiger partial charge is 0.155 e. The summed E-state index contributed by atoms with van der Waals surface area (Å²) < 4.78 is 0. The maximum absolute atomic E-state index is 4.86. The van der Waals surface area contributed by atoms with Crippen molar-refractivity contribution in [3.63, 3.8) is 0 Å². The highest BCUT2D eigenvalue weighted by molar-refractivity contribution is 6.01. The van der Waals surface area contributed by atoms with Crippen molar-refractivity contribution in [3.05, 3.63) is 95.1 Å². The molecule has 34 heavy (non-hydrogen) atoms. The van der Waals surface area contributed by atoms with E-state index < -0.39 is 0 Å². The summed E-state index contributed by atoms with van der Waals surface area (Å²) in [5, 5.41) is 3.52. The largest absolute Gasteiger partial charge is 0.288 e. The number of hydrogen-bond donors (Lipinski definition) is 1. The third-order valence-corrected chi connectivity index (χ3v) is 4.08. The van der Waals surface area contributed by atoms with Gasteiger partial charge in [-0.2, -0.15) is 0 Å². The SMILES string of the molecule is C=N/C(=N\C(NCC(/C=C\C)=C/C)c1ccccc1)c1ccc(C)cc1.CC.CC.CC.CC. The Bertz CT molecular complexity index is 785. The fourth-order valence-corrected chi connectivity index (χ4v) is 2.59. The van der Waals surface area contributed by atoms with Gasteiger partial charge in [0, 0.05) is 12.1 Å². The van der Waals surface area contributed by atoms with Gasteiger partial charge in [0.25, 0.3) is 0 Å². The maximum Gasteiger partial charge on any atom is 0.155 e. The van der Waals surface area contributed by atoms with Crippen molar-refractivity contribution < 1.29 is 0 Å². The third kappa shape index (κ3) is 15.1. The van der Waals surface area contributed by atoms with Crippen LogP contribution in [0.15, 0.2) is 88.4 Å². The lowest BCUT2D eigenvalue weighted by atomic mass is 10.1. The lowest BCUT2D eigenvalue weighted by Gasteiger charge is -2.17. The number of benzene rings is 2. The van der Waals surface area contributed by atoms with E-state index in [1.807, 2.05) is 106 Å². The van der Waals surface area contributed by atoms with Crippen LogP contribution in [0.3, 0.4) is 0 Å². The minimum atomic E-state index is -0.196. The van der Waals surface area contributed by atoms with Gasteiger partial charge < -0.3 is 0 Å². The summed E-state index contributed by atoms with van der Waals surface area (Å²) in [6.45, 7) is 26.6. The van der Waals surface area contributed by atoms with Crippen molar-refractivity contribution in [2.45, 2.75) is 82.3 Å². The number of amidine groups is 1. The van der Waals surface area contributed by atoms with Gasteiger partial charge in [0.1, 0.15) is 6.17 Å². The fourth-order valence-electron chi connectivity index (χ4n) is 2.59. The molecular formula is C31H51N3. The molecule has 0 spiro atoms. The minimum Gasteiger partial charge on any atom is -0.288 e. The van der Waals surface area contributed by atoms with Crippen LogP contribution in [0.1, 0.15) is 92.1 Å². The zero-order valence-corrected chi connectivity index (χ0v) is 23.8. The average molecular weight is 466 g/mol. The summed E-state index contributed by atoms with van der Waals surface area (Å²) >= 11 is 0. The molecular weight excluding hydrogens is 414 g/mol. The number of allylic oxidation sites excluding steroid dienone is 2. The topological polar surface area (TPSA) is 36.8 Å². The highest BCUT2D eigenvalue weighted by atomic mass is 15.1. The van der Waals surface area contributed by atoms with Gasteiger partial charge in [-0.1, -0.05) is 134 Å². The van der Waals surface area contributed by atoms with E-state index in [-0.39, 0.29) is 6.17 Å². The molecule has 0 radical (unpaired) electrons. The van der Waals surface area contributed by atoms with E-state index in [1.54, 1.807) is 0 Å². The molecule has 1 unspecified atom stereocenters. The molecule has 1 atom stereocenters. The second-order valence-electron chi connectivity index (χ2n) is 6.03. The Hall–Kier alpha value is -2.78. The molecule has 0 saturated carbocycles. The lowest BCUT2D eigenvalue weighted by Crippen LogP contribution is -2.23. The quantitative estimate of drug-likeness (QED) is 0.247. The van der Waals surface area contributed by atoms with E-state index in [0.717, 1.165) is 17.7 Å². The van der Waals surface area contributed by atoms with Crippen molar-refractivity contribution in [2.24, 2.45) is 9.98 Å². The zero-order chi connectivity index (χ0) is 26.8. The van der Waals surface area contributed by atoms with Crippen molar-refractivity contribution in [2.75, 3.05) is 6.54 Å². The second kappa shape index (κ2) is 26.5. The van der Waals surface area contributed by atoms with Crippen LogP contribution in [0.2, 0.25) is 0 Å². The number of hydrogen-bond acceptors (Lipinski definition) is 2. The molecule has 0 fully saturated rings. The zero-order valence-electron chi connectivity index (χ0n) is 23.8. The van der Waals surface area contributed by atoms with E-state index in [0.29, 0.717) is 5.84 Å². The molecule has 2 aromatic carbocycles. The predicted octanol–water partition coefficient (Wildman–Crippen LogP) is 9.36. The Morgan fingerprint density at radius 2 is 1.38 bits per heavy atom. The molecule has 0 amide bonds. The summed E-state index contributed by atoms with van der Waals surface area (Å²) in [7, 11) is 0. The van der Waals surface area contributed by atoms with Crippen LogP contribution in [-0.4, -0.2) is 19.1 Å². The molecule has 0 heterocycles. The van der Waals surface area contributed by atoms with Gasteiger partial charge in [0.2, 0.25) is 0 Å². The van der Waals surface area contributed by atoms with Gasteiger partial charge in [-0.15, -0.1) is 0 Å². The normalized spacial score (nSPS) is 11.3. The number of aliphatic imine (C=N–C) groups is 2. The van der Waals surface area contributed by atoms with Gasteiger partial charge in [-0.05, 0) is 38.6 Å². The minimum absolute atomic E-state index is 0.196. The molecule has 3 heteroatoms. The van der Waals surface area contributed by atoms with Gasteiger partial charge in [0.15, 0.2) is 5.84 Å². The van der Waals surface area contributed by atoms with E-state index in [4.69, 9.17) is 4.99 Å². The second-order valence-corrected chi connectivity index (χ2v) is 6.03. The van der Waals surface area contributed by atoms with E-state index in [2.05, 4.69) is 60.4 Å². The monoisotopic (exact) mass is 465 g/mol. The van der Waals surface area contributed by atoms with Crippen molar-refractivity contribution in [1.29, 1.82) is 0 Å². The molecule has 3 nitrogen and oxygen atoms in total. The van der Waals surface area contributed by atoms with Gasteiger partial charge in [-0.25, -0.2) is 9.98 Å². The van der Waals surface area contributed by atoms with Crippen LogP contribution in [0, 0.1) is 6.92 Å². The Balaban J connectivity index is -0.00000108. The number of nitrogens with zero attached hydrogens (tertiary/aromatic N) is 2. The van der Waals surface area contributed by atoms with Crippen molar-refractivity contribution >= 4 is 12.6 Å². The molecule has 0 aliphatic heterocycles. The Morgan fingerprint density at radius 1 is 0.853 bits per heavy atom. The molecule has 0 aliphatic carbocycles. The predicted molar refractivity (Wildman–Crippen MR) is 158 cm³/mol. The van der Waals surface area contributed by atoms with Crippen LogP contribution in [0.25, 0.3) is 0 Å². The molecule has 190 valence electrons. The molecule has 2 aromatic rings. The van der Waals surface area contributed by atoms with Crippen molar-refractivity contribution in [3.8, 4) is 0 Å². The number of aryl methyl sites for hydroxylation is 1. The number of nitrogens with one attached hydrogen (secondary N) is 1. The highest BCUT2D eigenvalue weighted by Gasteiger charge is 2.12. The van der Waals surface area contributed by atoms with E-state index in [9.17, 15) is 0 Å². The van der Waals surface area contributed by atoms with Crippen molar-refractivity contribution in [1.82, 2.24) is 5.32 Å². The standard InChI is InChI=1S/C23H27N3.4C2H6/c1-5-10-19(6-2)17-25-23(20-11-8-7-9-12-20)26-22(24-4)21-15-13-18(3)14-16-21;4*1-2/h5-16,23,25H,4,17H2,1-3H3;4*1-2H3/b10-5-,19-6+,26-22-;;;;. The summed E-state index contributed by atoms with van der Waals surface area (Å²) in [6.07, 6.45) is 6.05. The first kappa shape index (κ1) is 35.8. The maximum atomic E-state index is 4.86. The molecule has 1 N–H and O–H groups in total. The summed E-state index contributed by atoms with van der Waals surface area (Å²) in [5.41, 5.74) is 4.48. The van der Waals surface area contributed by atoms with E-state index in [1.165, 1.54) is 11.1 Å². The summed E-state index contributed by atoms with van der Waals surface area (Å²) in [5.74, 6) is 0.638. The Kier molecular flexibility index (Phi) is 27.9. The summed E-state index contributed by atoms with van der Waals surface area (Å²) in [4.78, 5) is 9.02. The Morgan fingerprint density at radius 3 is 1.82 bits per heavy atom.